The zero-order chi connectivity index (χ0) is 24.3. The number of aromatic nitrogens is 1. The largest absolute Gasteiger partial charge is 0.508 e. The van der Waals surface area contributed by atoms with Crippen molar-refractivity contribution in [2.24, 2.45) is 11.8 Å². The highest BCUT2D eigenvalue weighted by molar-refractivity contribution is 6.03. The summed E-state index contributed by atoms with van der Waals surface area (Å²) in [4.78, 5) is 13.1. The minimum Gasteiger partial charge on any atom is -0.508 e. The van der Waals surface area contributed by atoms with Crippen molar-refractivity contribution in [3.63, 3.8) is 0 Å². The van der Waals surface area contributed by atoms with Gasteiger partial charge < -0.3 is 19.7 Å². The number of hydrogen-bond acceptors (Lipinski definition) is 3. The molecule has 0 saturated heterocycles. The van der Waals surface area contributed by atoms with Gasteiger partial charge in [-0.2, -0.15) is 0 Å². The van der Waals surface area contributed by atoms with Crippen LogP contribution in [0.5, 0.6) is 5.75 Å². The Bertz CT molecular complexity index is 1130. The van der Waals surface area contributed by atoms with Crippen LogP contribution >= 0.6 is 0 Å². The van der Waals surface area contributed by atoms with E-state index in [4.69, 9.17) is 4.74 Å². The molecular weight excluding hydrogens is 412 g/mol. The number of nitrogens with one attached hydrogen (secondary N) is 1. The molecule has 33 heavy (non-hydrogen) atoms. The van der Waals surface area contributed by atoms with Crippen LogP contribution in [0.4, 0.5) is 5.69 Å². The summed E-state index contributed by atoms with van der Waals surface area (Å²) in [5.41, 5.74) is 6.34. The van der Waals surface area contributed by atoms with Crippen LogP contribution in [0.2, 0.25) is 0 Å². The average molecular weight is 451 g/mol. The van der Waals surface area contributed by atoms with Gasteiger partial charge in [0.25, 0.3) is 0 Å². The average Bonchev–Trinajstić information content (AvgIpc) is 3.08. The Hall–Kier alpha value is -2.79. The van der Waals surface area contributed by atoms with Gasteiger partial charge in [-0.3, -0.25) is 4.79 Å². The molecule has 0 spiro atoms. The van der Waals surface area contributed by atoms with Gasteiger partial charge >= 0.3 is 0 Å². The maximum absolute atomic E-state index is 13.1. The first-order chi connectivity index (χ1) is 15.6. The molecule has 1 unspecified atom stereocenters. The molecule has 3 rings (SSSR count). The third-order valence-electron chi connectivity index (χ3n) is 6.42. The van der Waals surface area contributed by atoms with E-state index in [2.05, 4.69) is 69.6 Å². The third kappa shape index (κ3) is 5.41. The number of nitrogens with zero attached hydrogens (tertiary/aromatic N) is 1. The molecule has 5 heteroatoms. The molecule has 0 saturated carbocycles. The molecule has 0 bridgehead atoms. The van der Waals surface area contributed by atoms with E-state index in [0.29, 0.717) is 25.5 Å². The highest BCUT2D eigenvalue weighted by atomic mass is 16.5. The number of aryl methyl sites for hydroxylation is 2. The Kier molecular flexibility index (Phi) is 7.85. The van der Waals surface area contributed by atoms with Crippen molar-refractivity contribution in [2.45, 2.75) is 60.9 Å². The predicted octanol–water partition coefficient (Wildman–Crippen LogP) is 6.38. The SMILES string of the molecule is CCOCC(C(=O)Nc1ccc(C)c2c1cc(C)n2Cc1ccc(O)c(C(C)C)c1)C(C)C. The Morgan fingerprint density at radius 3 is 2.45 bits per heavy atom. The van der Waals surface area contributed by atoms with Gasteiger partial charge in [0, 0.05) is 24.2 Å². The van der Waals surface area contributed by atoms with Crippen molar-refractivity contribution in [3.8, 4) is 5.75 Å². The number of phenols is 1. The summed E-state index contributed by atoms with van der Waals surface area (Å²) in [6.07, 6.45) is 0. The Balaban J connectivity index is 1.97. The van der Waals surface area contributed by atoms with Crippen molar-refractivity contribution in [1.82, 2.24) is 4.57 Å². The molecule has 1 aromatic heterocycles. The molecule has 0 fully saturated rings. The van der Waals surface area contributed by atoms with E-state index in [1.165, 1.54) is 0 Å². The zero-order valence-electron chi connectivity index (χ0n) is 21.0. The molecule has 0 aliphatic carbocycles. The first kappa shape index (κ1) is 24.8. The van der Waals surface area contributed by atoms with Crippen molar-refractivity contribution in [3.05, 3.63) is 58.8 Å². The summed E-state index contributed by atoms with van der Waals surface area (Å²) in [5, 5.41) is 14.4. The minimum atomic E-state index is -0.198. The van der Waals surface area contributed by atoms with Gasteiger partial charge in [0.1, 0.15) is 5.75 Å². The second-order valence-corrected chi connectivity index (χ2v) is 9.61. The summed E-state index contributed by atoms with van der Waals surface area (Å²) in [5.74, 6) is 0.580. The fraction of sp³-hybridized carbons (Fsp3) is 0.464. The topological polar surface area (TPSA) is 63.5 Å². The lowest BCUT2D eigenvalue weighted by Gasteiger charge is -2.20. The van der Waals surface area contributed by atoms with Gasteiger partial charge in [0.05, 0.1) is 23.7 Å². The van der Waals surface area contributed by atoms with Crippen LogP contribution in [-0.2, 0) is 16.1 Å². The molecule has 5 nitrogen and oxygen atoms in total. The molecule has 2 N–H and O–H groups in total. The van der Waals surface area contributed by atoms with Crippen LogP contribution in [0.15, 0.2) is 36.4 Å². The van der Waals surface area contributed by atoms with Crippen molar-refractivity contribution in [1.29, 1.82) is 0 Å². The quantitative estimate of drug-likeness (QED) is 0.397. The number of fused-ring (bicyclic) bond motifs is 1. The van der Waals surface area contributed by atoms with Crippen molar-refractivity contribution >= 4 is 22.5 Å². The molecule has 1 atom stereocenters. The number of rotatable bonds is 9. The number of hydrogen-bond donors (Lipinski definition) is 2. The van der Waals surface area contributed by atoms with Gasteiger partial charge in [-0.15, -0.1) is 0 Å². The highest BCUT2D eigenvalue weighted by Gasteiger charge is 2.24. The van der Waals surface area contributed by atoms with E-state index in [1.54, 1.807) is 6.07 Å². The van der Waals surface area contributed by atoms with E-state index in [-0.39, 0.29) is 23.7 Å². The van der Waals surface area contributed by atoms with Crippen molar-refractivity contribution in [2.75, 3.05) is 18.5 Å². The van der Waals surface area contributed by atoms with E-state index in [0.717, 1.165) is 39.0 Å². The molecule has 1 heterocycles. The number of carbonyl (C=O) groups is 1. The first-order valence-electron chi connectivity index (χ1n) is 11.9. The van der Waals surface area contributed by atoms with Crippen LogP contribution in [0.3, 0.4) is 0 Å². The summed E-state index contributed by atoms with van der Waals surface area (Å²) >= 11 is 0. The number of phenolic OH excluding ortho intramolecular Hbond substituents is 1. The minimum absolute atomic E-state index is 0.00545. The fourth-order valence-electron chi connectivity index (χ4n) is 4.39. The Morgan fingerprint density at radius 2 is 1.82 bits per heavy atom. The van der Waals surface area contributed by atoms with Gasteiger partial charge in [0.2, 0.25) is 5.91 Å². The molecular formula is C28H38N2O3. The van der Waals surface area contributed by atoms with Crippen molar-refractivity contribution < 1.29 is 14.6 Å². The van der Waals surface area contributed by atoms with Gasteiger partial charge in [-0.05, 0) is 67.5 Å². The van der Waals surface area contributed by atoms with E-state index >= 15 is 0 Å². The van der Waals surface area contributed by atoms with E-state index in [9.17, 15) is 9.90 Å². The molecule has 3 aromatic rings. The third-order valence-corrected chi connectivity index (χ3v) is 6.42. The smallest absolute Gasteiger partial charge is 0.230 e. The summed E-state index contributed by atoms with van der Waals surface area (Å²) < 4.78 is 7.85. The van der Waals surface area contributed by atoms with Gasteiger partial charge in [-0.1, -0.05) is 45.9 Å². The standard InChI is InChI=1S/C28H38N2O3/c1-8-33-16-24(18(4)5)28(32)29-25-11-9-19(6)27-23(25)13-20(7)30(27)15-21-10-12-26(31)22(14-21)17(2)3/h9-14,17-18,24,31H,8,15-16H2,1-7H3,(H,29,32). The molecule has 1 amide bonds. The normalized spacial score (nSPS) is 12.6. The molecule has 2 aromatic carbocycles. The summed E-state index contributed by atoms with van der Waals surface area (Å²) in [7, 11) is 0. The fourth-order valence-corrected chi connectivity index (χ4v) is 4.39. The Labute approximate surface area is 197 Å². The van der Waals surface area contributed by atoms with E-state index < -0.39 is 0 Å². The number of ether oxygens (including phenoxy) is 1. The Morgan fingerprint density at radius 1 is 1.09 bits per heavy atom. The molecule has 0 radical (unpaired) electrons. The van der Waals surface area contributed by atoms with Crippen LogP contribution in [0.25, 0.3) is 10.9 Å². The summed E-state index contributed by atoms with van der Waals surface area (Å²) in [6.45, 7) is 16.2. The second kappa shape index (κ2) is 10.4. The number of anilines is 1. The predicted molar refractivity (Wildman–Crippen MR) is 136 cm³/mol. The van der Waals surface area contributed by atoms with Crippen LogP contribution in [-0.4, -0.2) is 28.8 Å². The molecule has 0 aliphatic heterocycles. The molecule has 178 valence electrons. The van der Waals surface area contributed by atoms with Gasteiger partial charge in [-0.25, -0.2) is 0 Å². The van der Waals surface area contributed by atoms with Crippen LogP contribution in [0.1, 0.15) is 62.9 Å². The summed E-state index contributed by atoms with van der Waals surface area (Å²) in [6, 6.07) is 12.1. The lowest BCUT2D eigenvalue weighted by molar-refractivity contribution is -0.123. The zero-order valence-corrected chi connectivity index (χ0v) is 21.0. The molecule has 0 aliphatic rings. The number of amides is 1. The van der Waals surface area contributed by atoms with E-state index in [1.807, 2.05) is 19.1 Å². The highest BCUT2D eigenvalue weighted by Crippen LogP contribution is 2.32. The van der Waals surface area contributed by atoms with Crippen LogP contribution < -0.4 is 5.32 Å². The van der Waals surface area contributed by atoms with Gasteiger partial charge in [0.15, 0.2) is 0 Å². The number of carbonyl (C=O) groups excluding carboxylic acids is 1. The van der Waals surface area contributed by atoms with Crippen LogP contribution in [0, 0.1) is 25.7 Å². The number of benzene rings is 2. The first-order valence-corrected chi connectivity index (χ1v) is 11.9. The lowest BCUT2D eigenvalue weighted by atomic mass is 9.95. The lowest BCUT2D eigenvalue weighted by Crippen LogP contribution is -2.31. The maximum atomic E-state index is 13.1. The monoisotopic (exact) mass is 450 g/mol. The second-order valence-electron chi connectivity index (χ2n) is 9.61. The number of aromatic hydroxyl groups is 1. The maximum Gasteiger partial charge on any atom is 0.230 e.